The lowest BCUT2D eigenvalue weighted by atomic mass is 10.1. The van der Waals surface area contributed by atoms with Gasteiger partial charge in [0.1, 0.15) is 5.75 Å². The van der Waals surface area contributed by atoms with Crippen LogP contribution in [0, 0.1) is 0 Å². The molecule has 0 radical (unpaired) electrons. The van der Waals surface area contributed by atoms with Gasteiger partial charge < -0.3 is 14.9 Å². The first-order valence-electron chi connectivity index (χ1n) is 9.14. The Balaban J connectivity index is 1.47. The van der Waals surface area contributed by atoms with Crippen LogP contribution in [0.5, 0.6) is 5.75 Å². The minimum atomic E-state index is -0.406. The van der Waals surface area contributed by atoms with Crippen molar-refractivity contribution in [3.05, 3.63) is 52.5 Å². The molecule has 2 aliphatic heterocycles. The average Bonchev–Trinajstić information content (AvgIpc) is 2.96. The van der Waals surface area contributed by atoms with Crippen molar-refractivity contribution in [3.8, 4) is 5.75 Å². The molecule has 28 heavy (non-hydrogen) atoms. The highest BCUT2D eigenvalue weighted by atomic mass is 35.5. The smallest absolute Gasteiger partial charge is 0.292 e. The summed E-state index contributed by atoms with van der Waals surface area (Å²) in [6.07, 6.45) is 0.175. The maximum atomic E-state index is 13.0. The first-order chi connectivity index (χ1) is 13.4. The number of halogens is 2. The summed E-state index contributed by atoms with van der Waals surface area (Å²) in [7, 11) is 0. The first-order valence-corrected chi connectivity index (χ1v) is 9.90. The van der Waals surface area contributed by atoms with Crippen molar-refractivity contribution in [2.75, 3.05) is 36.0 Å². The van der Waals surface area contributed by atoms with E-state index in [4.69, 9.17) is 23.2 Å². The molecule has 2 aromatic rings. The first kappa shape index (κ1) is 19.1. The number of carbonyl (C=O) groups excluding carboxylic acids is 2. The number of phenolic OH excluding ortho intramolecular Hbond substituents is 1. The molecule has 146 valence electrons. The van der Waals surface area contributed by atoms with E-state index in [0.717, 1.165) is 10.6 Å². The molecule has 0 aromatic heterocycles. The van der Waals surface area contributed by atoms with Crippen LogP contribution < -0.4 is 14.7 Å². The van der Waals surface area contributed by atoms with Gasteiger partial charge in [0.2, 0.25) is 5.91 Å². The predicted molar refractivity (Wildman–Crippen MR) is 108 cm³/mol. The average molecular weight is 421 g/mol. The third-order valence-corrected chi connectivity index (χ3v) is 5.81. The number of amides is 2. The fourth-order valence-corrected chi connectivity index (χ4v) is 4.52. The second-order valence-electron chi connectivity index (χ2n) is 7.09. The van der Waals surface area contributed by atoms with Gasteiger partial charge in [0.05, 0.1) is 44.0 Å². The van der Waals surface area contributed by atoms with Crippen LogP contribution in [0.3, 0.4) is 0 Å². The van der Waals surface area contributed by atoms with Crippen molar-refractivity contribution >= 4 is 46.4 Å². The van der Waals surface area contributed by atoms with Crippen LogP contribution >= 0.6 is 23.2 Å². The number of carbonyl (C=O) groups is 2. The van der Waals surface area contributed by atoms with Gasteiger partial charge in [-0.05, 0) is 30.3 Å². The van der Waals surface area contributed by atoms with E-state index >= 15 is 0 Å². The number of anilines is 2. The molecule has 2 amide bonds. The topological polar surface area (TPSA) is 65.3 Å². The normalized spacial score (nSPS) is 20.9. The van der Waals surface area contributed by atoms with Crippen molar-refractivity contribution in [2.45, 2.75) is 12.5 Å². The van der Waals surface area contributed by atoms with E-state index in [9.17, 15) is 14.7 Å². The molecule has 2 heterocycles. The lowest BCUT2D eigenvalue weighted by Gasteiger charge is -2.35. The fraction of sp³-hybridized carbons (Fsp3) is 0.300. The summed E-state index contributed by atoms with van der Waals surface area (Å²) in [5, 5.41) is 10.8. The molecule has 8 heteroatoms. The monoisotopic (exact) mass is 420 g/mol. The van der Waals surface area contributed by atoms with Crippen LogP contribution in [0.15, 0.2) is 42.5 Å². The number of hydrogen-bond acceptors (Lipinski definition) is 4. The molecule has 2 aliphatic rings. The standard InChI is InChI=1S/C20H19Cl2N3O3/c21-13-9-14(22)11-15(10-13)25-19(27)12-17(20(25)28)24-7-5-23(6-8-24)16-3-1-2-4-18(16)26/h1-4,9-11,17,26H,5-8,12H2/p+1/t17-/m1/s1. The zero-order valence-electron chi connectivity index (χ0n) is 15.1. The van der Waals surface area contributed by atoms with E-state index in [0.29, 0.717) is 41.9 Å². The van der Waals surface area contributed by atoms with Gasteiger partial charge in [-0.3, -0.25) is 9.59 Å². The van der Waals surface area contributed by atoms with Crippen molar-refractivity contribution < 1.29 is 19.6 Å². The van der Waals surface area contributed by atoms with Crippen LogP contribution in [0.25, 0.3) is 0 Å². The summed E-state index contributed by atoms with van der Waals surface area (Å²) in [4.78, 5) is 29.9. The number of benzene rings is 2. The Labute approximate surface area is 172 Å². The molecule has 6 nitrogen and oxygen atoms in total. The number of hydrogen-bond donors (Lipinski definition) is 2. The Morgan fingerprint density at radius 3 is 2.29 bits per heavy atom. The number of para-hydroxylation sites is 2. The van der Waals surface area contributed by atoms with Crippen molar-refractivity contribution in [1.29, 1.82) is 0 Å². The third kappa shape index (κ3) is 3.55. The number of quaternary nitrogens is 1. The highest BCUT2D eigenvalue weighted by molar-refractivity contribution is 6.35. The van der Waals surface area contributed by atoms with Gasteiger partial charge >= 0.3 is 0 Å². The molecule has 0 saturated carbocycles. The van der Waals surface area contributed by atoms with E-state index in [1.54, 1.807) is 30.3 Å². The minimum absolute atomic E-state index is 0.175. The van der Waals surface area contributed by atoms with Crippen LogP contribution in [0.1, 0.15) is 6.42 Å². The summed E-state index contributed by atoms with van der Waals surface area (Å²) >= 11 is 12.1. The Morgan fingerprint density at radius 1 is 1.00 bits per heavy atom. The second kappa shape index (κ2) is 7.62. The van der Waals surface area contributed by atoms with E-state index in [-0.39, 0.29) is 24.0 Å². The van der Waals surface area contributed by atoms with Gasteiger partial charge in [-0.25, -0.2) is 4.90 Å². The van der Waals surface area contributed by atoms with Gasteiger partial charge in [0, 0.05) is 10.0 Å². The van der Waals surface area contributed by atoms with Crippen LogP contribution in [-0.4, -0.2) is 49.1 Å². The Morgan fingerprint density at radius 2 is 1.64 bits per heavy atom. The van der Waals surface area contributed by atoms with E-state index in [2.05, 4.69) is 4.90 Å². The highest BCUT2D eigenvalue weighted by Crippen LogP contribution is 2.29. The van der Waals surface area contributed by atoms with E-state index < -0.39 is 6.04 Å². The zero-order valence-corrected chi connectivity index (χ0v) is 16.6. The molecule has 2 saturated heterocycles. The molecule has 0 aliphatic carbocycles. The zero-order chi connectivity index (χ0) is 19.8. The minimum Gasteiger partial charge on any atom is -0.506 e. The number of aromatic hydroxyl groups is 1. The Bertz CT molecular complexity index is 908. The number of nitrogens with one attached hydrogen (secondary N) is 1. The molecule has 0 unspecified atom stereocenters. The lowest BCUT2D eigenvalue weighted by molar-refractivity contribution is -0.915. The van der Waals surface area contributed by atoms with Gasteiger partial charge in [-0.1, -0.05) is 35.3 Å². The Hall–Kier alpha value is -2.28. The molecule has 2 fully saturated rings. The van der Waals surface area contributed by atoms with Crippen molar-refractivity contribution in [3.63, 3.8) is 0 Å². The molecule has 2 aromatic carbocycles. The van der Waals surface area contributed by atoms with Crippen molar-refractivity contribution in [2.24, 2.45) is 0 Å². The Kier molecular flexibility index (Phi) is 5.19. The maximum absolute atomic E-state index is 13.0. The number of imide groups is 1. The van der Waals surface area contributed by atoms with E-state index in [1.165, 1.54) is 4.90 Å². The molecule has 0 bridgehead atoms. The van der Waals surface area contributed by atoms with Crippen LogP contribution in [0.2, 0.25) is 10.0 Å². The van der Waals surface area contributed by atoms with E-state index in [1.807, 2.05) is 12.1 Å². The van der Waals surface area contributed by atoms with Crippen LogP contribution in [-0.2, 0) is 9.59 Å². The number of phenols is 1. The van der Waals surface area contributed by atoms with Crippen molar-refractivity contribution in [1.82, 2.24) is 0 Å². The number of nitrogens with zero attached hydrogens (tertiary/aromatic N) is 2. The number of rotatable bonds is 3. The third-order valence-electron chi connectivity index (χ3n) is 5.37. The largest absolute Gasteiger partial charge is 0.506 e. The molecule has 0 spiro atoms. The van der Waals surface area contributed by atoms with Crippen LogP contribution in [0.4, 0.5) is 11.4 Å². The fourth-order valence-electron chi connectivity index (χ4n) is 4.01. The van der Waals surface area contributed by atoms with Gasteiger partial charge in [0.15, 0.2) is 6.04 Å². The molecule has 2 N–H and O–H groups in total. The van der Waals surface area contributed by atoms with Gasteiger partial charge in [0.25, 0.3) is 5.91 Å². The summed E-state index contributed by atoms with van der Waals surface area (Å²) in [5.74, 6) is -0.194. The molecule has 1 atom stereocenters. The quantitative estimate of drug-likeness (QED) is 0.742. The SMILES string of the molecule is O=C1C[C@@H]([NH+]2CCN(c3ccccc3O)CC2)C(=O)N1c1cc(Cl)cc(Cl)c1. The summed E-state index contributed by atoms with van der Waals surface area (Å²) in [5.41, 5.74) is 1.22. The highest BCUT2D eigenvalue weighted by Gasteiger charge is 2.46. The van der Waals surface area contributed by atoms with Gasteiger partial charge in [-0.2, -0.15) is 0 Å². The van der Waals surface area contributed by atoms with Gasteiger partial charge in [-0.15, -0.1) is 0 Å². The predicted octanol–water partition coefficient (Wildman–Crippen LogP) is 1.74. The maximum Gasteiger partial charge on any atom is 0.292 e. The summed E-state index contributed by atoms with van der Waals surface area (Å²) in [6.45, 7) is 2.83. The molecular weight excluding hydrogens is 401 g/mol. The second-order valence-corrected chi connectivity index (χ2v) is 7.96. The number of piperazine rings is 1. The summed E-state index contributed by atoms with van der Waals surface area (Å²) < 4.78 is 0. The molecular formula is C20H20Cl2N3O3+. The summed E-state index contributed by atoms with van der Waals surface area (Å²) in [6, 6.07) is 11.6. The lowest BCUT2D eigenvalue weighted by Crippen LogP contribution is -3.19. The molecule has 4 rings (SSSR count).